The molecule has 0 spiro atoms. The van der Waals surface area contributed by atoms with Crippen LogP contribution in [0.2, 0.25) is 0 Å². The van der Waals surface area contributed by atoms with E-state index in [0.717, 1.165) is 5.56 Å². The molecule has 0 saturated carbocycles. The summed E-state index contributed by atoms with van der Waals surface area (Å²) in [5, 5.41) is 2.61. The monoisotopic (exact) mass is 270 g/mol. The lowest BCUT2D eigenvalue weighted by Crippen LogP contribution is -2.36. The minimum Gasteiger partial charge on any atom is -0.467 e. The molecule has 6 nitrogen and oxygen atoms in total. The topological polar surface area (TPSA) is 86.7 Å². The number of nitrogens with one attached hydrogen (secondary N) is 1. The van der Waals surface area contributed by atoms with Gasteiger partial charge < -0.3 is 24.9 Å². The van der Waals surface area contributed by atoms with Crippen molar-refractivity contribution >= 4 is 6.09 Å². The molecule has 1 atom stereocenters. The SMILES string of the molecule is COCc1ccoc1C(N)CNC(=O)OC(C)(C)C. The first-order chi connectivity index (χ1) is 8.83. The van der Waals surface area contributed by atoms with Gasteiger partial charge in [-0.15, -0.1) is 0 Å². The van der Waals surface area contributed by atoms with Crippen molar-refractivity contribution in [2.75, 3.05) is 13.7 Å². The molecule has 1 unspecified atom stereocenters. The zero-order valence-electron chi connectivity index (χ0n) is 11.9. The number of carbonyl (C=O) groups is 1. The number of alkyl carbamates (subject to hydrolysis) is 1. The Balaban J connectivity index is 2.49. The maximum Gasteiger partial charge on any atom is 0.407 e. The van der Waals surface area contributed by atoms with E-state index in [1.54, 1.807) is 40.2 Å². The summed E-state index contributed by atoms with van der Waals surface area (Å²) in [5.74, 6) is 0.609. The Bertz CT molecular complexity index is 409. The number of hydrogen-bond donors (Lipinski definition) is 2. The van der Waals surface area contributed by atoms with Crippen molar-refractivity contribution in [2.45, 2.75) is 39.0 Å². The van der Waals surface area contributed by atoms with Gasteiger partial charge in [-0.1, -0.05) is 0 Å². The molecule has 0 aliphatic heterocycles. The number of hydrogen-bond acceptors (Lipinski definition) is 5. The summed E-state index contributed by atoms with van der Waals surface area (Å²) in [6.07, 6.45) is 1.06. The Morgan fingerprint density at radius 2 is 2.21 bits per heavy atom. The van der Waals surface area contributed by atoms with E-state index in [-0.39, 0.29) is 6.54 Å². The molecule has 0 aliphatic rings. The van der Waals surface area contributed by atoms with Gasteiger partial charge in [0.2, 0.25) is 0 Å². The van der Waals surface area contributed by atoms with Crippen LogP contribution >= 0.6 is 0 Å². The molecule has 0 aromatic carbocycles. The zero-order valence-corrected chi connectivity index (χ0v) is 11.9. The Labute approximate surface area is 113 Å². The summed E-state index contributed by atoms with van der Waals surface area (Å²) in [7, 11) is 1.60. The van der Waals surface area contributed by atoms with Gasteiger partial charge in [-0.3, -0.25) is 0 Å². The first-order valence-electron chi connectivity index (χ1n) is 6.11. The third-order valence-corrected chi connectivity index (χ3v) is 2.28. The van der Waals surface area contributed by atoms with Crippen molar-refractivity contribution in [3.63, 3.8) is 0 Å². The second-order valence-electron chi connectivity index (χ2n) is 5.23. The average Bonchev–Trinajstić information content (AvgIpc) is 2.72. The van der Waals surface area contributed by atoms with Crippen molar-refractivity contribution in [3.05, 3.63) is 23.7 Å². The fraction of sp³-hybridized carbons (Fsp3) is 0.615. The fourth-order valence-corrected chi connectivity index (χ4v) is 1.55. The number of methoxy groups -OCH3 is 1. The fourth-order valence-electron chi connectivity index (χ4n) is 1.55. The van der Waals surface area contributed by atoms with E-state index in [0.29, 0.717) is 12.4 Å². The second kappa shape index (κ2) is 6.58. The number of nitrogens with two attached hydrogens (primary N) is 1. The highest BCUT2D eigenvalue weighted by Gasteiger charge is 2.19. The van der Waals surface area contributed by atoms with Crippen molar-refractivity contribution < 1.29 is 18.7 Å². The van der Waals surface area contributed by atoms with E-state index in [2.05, 4.69) is 5.32 Å². The maximum atomic E-state index is 11.5. The summed E-state index contributed by atoms with van der Waals surface area (Å²) in [5.41, 5.74) is 6.31. The first-order valence-corrected chi connectivity index (χ1v) is 6.11. The molecule has 0 fully saturated rings. The smallest absolute Gasteiger partial charge is 0.407 e. The largest absolute Gasteiger partial charge is 0.467 e. The van der Waals surface area contributed by atoms with Crippen LogP contribution in [0.15, 0.2) is 16.7 Å². The van der Waals surface area contributed by atoms with Gasteiger partial charge in [0.15, 0.2) is 0 Å². The third-order valence-electron chi connectivity index (χ3n) is 2.28. The number of carbonyl (C=O) groups excluding carboxylic acids is 1. The highest BCUT2D eigenvalue weighted by Crippen LogP contribution is 2.18. The summed E-state index contributed by atoms with van der Waals surface area (Å²) in [4.78, 5) is 11.5. The van der Waals surface area contributed by atoms with Crippen LogP contribution in [0.1, 0.15) is 38.1 Å². The van der Waals surface area contributed by atoms with E-state index >= 15 is 0 Å². The molecule has 108 valence electrons. The predicted octanol–water partition coefficient (Wildman–Crippen LogP) is 1.95. The Kier molecular flexibility index (Phi) is 5.38. The lowest BCUT2D eigenvalue weighted by molar-refractivity contribution is 0.0523. The maximum absolute atomic E-state index is 11.5. The van der Waals surface area contributed by atoms with E-state index in [1.165, 1.54) is 0 Å². The molecule has 6 heteroatoms. The lowest BCUT2D eigenvalue weighted by atomic mass is 10.1. The van der Waals surface area contributed by atoms with Crippen LogP contribution in [0.5, 0.6) is 0 Å². The molecule has 1 aromatic heterocycles. The Morgan fingerprint density at radius 3 is 2.79 bits per heavy atom. The molecule has 0 aliphatic carbocycles. The number of furan rings is 1. The minimum absolute atomic E-state index is 0.235. The zero-order chi connectivity index (χ0) is 14.5. The minimum atomic E-state index is -0.528. The van der Waals surface area contributed by atoms with Crippen molar-refractivity contribution in [1.82, 2.24) is 5.32 Å². The van der Waals surface area contributed by atoms with Crippen LogP contribution in [-0.2, 0) is 16.1 Å². The summed E-state index contributed by atoms with van der Waals surface area (Å²) in [6.45, 7) is 6.06. The van der Waals surface area contributed by atoms with Gasteiger partial charge in [-0.05, 0) is 26.8 Å². The van der Waals surface area contributed by atoms with Gasteiger partial charge in [0.25, 0.3) is 0 Å². The van der Waals surface area contributed by atoms with E-state index in [1.807, 2.05) is 0 Å². The van der Waals surface area contributed by atoms with Crippen LogP contribution in [0.3, 0.4) is 0 Å². The van der Waals surface area contributed by atoms with Crippen LogP contribution in [0.4, 0.5) is 4.79 Å². The van der Waals surface area contributed by atoms with Gasteiger partial charge in [0, 0.05) is 19.2 Å². The molecule has 3 N–H and O–H groups in total. The number of amides is 1. The molecule has 1 rings (SSSR count). The normalized spacial score (nSPS) is 13.1. The summed E-state index contributed by atoms with van der Waals surface area (Å²) < 4.78 is 15.5. The van der Waals surface area contributed by atoms with Crippen LogP contribution < -0.4 is 11.1 Å². The molecular formula is C13H22N2O4. The van der Waals surface area contributed by atoms with Gasteiger partial charge in [-0.2, -0.15) is 0 Å². The highest BCUT2D eigenvalue weighted by atomic mass is 16.6. The summed E-state index contributed by atoms with van der Waals surface area (Å²) >= 11 is 0. The van der Waals surface area contributed by atoms with E-state index in [9.17, 15) is 4.79 Å². The highest BCUT2D eigenvalue weighted by molar-refractivity contribution is 5.67. The van der Waals surface area contributed by atoms with Crippen LogP contribution in [0, 0.1) is 0 Å². The molecule has 1 amide bonds. The standard InChI is InChI=1S/C13H22N2O4/c1-13(2,3)19-12(16)15-7-10(14)11-9(8-17-4)5-6-18-11/h5-6,10H,7-8,14H2,1-4H3,(H,15,16). The molecule has 19 heavy (non-hydrogen) atoms. The molecular weight excluding hydrogens is 248 g/mol. The summed E-state index contributed by atoms with van der Waals surface area (Å²) in [6, 6.07) is 1.36. The molecule has 0 bridgehead atoms. The first kappa shape index (κ1) is 15.5. The van der Waals surface area contributed by atoms with Gasteiger partial charge in [0.1, 0.15) is 11.4 Å². The average molecular weight is 270 g/mol. The lowest BCUT2D eigenvalue weighted by Gasteiger charge is -2.20. The van der Waals surface area contributed by atoms with Gasteiger partial charge >= 0.3 is 6.09 Å². The van der Waals surface area contributed by atoms with Crippen molar-refractivity contribution in [1.29, 1.82) is 0 Å². The van der Waals surface area contributed by atoms with Crippen LogP contribution in [0.25, 0.3) is 0 Å². The quantitative estimate of drug-likeness (QED) is 0.854. The van der Waals surface area contributed by atoms with Gasteiger partial charge in [-0.25, -0.2) is 4.79 Å². The van der Waals surface area contributed by atoms with E-state index < -0.39 is 17.7 Å². The second-order valence-corrected chi connectivity index (χ2v) is 5.23. The predicted molar refractivity (Wildman–Crippen MR) is 70.6 cm³/mol. The molecule has 1 aromatic rings. The molecule has 0 radical (unpaired) electrons. The molecule has 1 heterocycles. The molecule has 0 saturated heterocycles. The Hall–Kier alpha value is -1.53. The number of rotatable bonds is 5. The van der Waals surface area contributed by atoms with Crippen molar-refractivity contribution in [3.8, 4) is 0 Å². The van der Waals surface area contributed by atoms with Crippen molar-refractivity contribution in [2.24, 2.45) is 5.73 Å². The third kappa shape index (κ3) is 5.32. The van der Waals surface area contributed by atoms with E-state index in [4.69, 9.17) is 19.6 Å². The van der Waals surface area contributed by atoms with Crippen LogP contribution in [-0.4, -0.2) is 25.3 Å². The van der Waals surface area contributed by atoms with Gasteiger partial charge in [0.05, 0.1) is 18.9 Å². The number of ether oxygens (including phenoxy) is 2. The Morgan fingerprint density at radius 1 is 1.53 bits per heavy atom.